The summed E-state index contributed by atoms with van der Waals surface area (Å²) in [5.74, 6) is 2.92. The Kier molecular flexibility index (Phi) is 5.28. The second kappa shape index (κ2) is 8.16. The van der Waals surface area contributed by atoms with Crippen LogP contribution in [0.5, 0.6) is 5.75 Å². The molecule has 5 nitrogen and oxygen atoms in total. The summed E-state index contributed by atoms with van der Waals surface area (Å²) in [7, 11) is 0. The molecule has 2 aromatic carbocycles. The molecule has 0 spiro atoms. The van der Waals surface area contributed by atoms with Gasteiger partial charge in [-0.05, 0) is 56.2 Å². The number of hydrogen-bond donors (Lipinski definition) is 0. The van der Waals surface area contributed by atoms with Crippen molar-refractivity contribution in [2.75, 3.05) is 6.61 Å². The first-order valence-corrected chi connectivity index (χ1v) is 9.63. The van der Waals surface area contributed by atoms with Crippen molar-refractivity contribution >= 4 is 11.9 Å². The van der Waals surface area contributed by atoms with Crippen LogP contribution in [0.1, 0.15) is 37.6 Å². The molecule has 0 unspecified atom stereocenters. The number of aryl methyl sites for hydroxylation is 1. The highest BCUT2D eigenvalue weighted by atomic mass is 16.5. The van der Waals surface area contributed by atoms with E-state index in [0.29, 0.717) is 6.61 Å². The van der Waals surface area contributed by atoms with Gasteiger partial charge in [-0.3, -0.25) is 4.99 Å². The number of fused-ring (bicyclic) bond motifs is 1. The zero-order valence-electron chi connectivity index (χ0n) is 15.6. The second-order valence-corrected chi connectivity index (χ2v) is 6.68. The predicted octanol–water partition coefficient (Wildman–Crippen LogP) is 4.82. The number of para-hydroxylation sites is 1. The Balaban J connectivity index is 1.54. The standard InChI is InChI=1S/C22H24N4O/c1-2-27-20-9-6-5-8-18(20)16-23-19-13-11-17(12-14-19)22-25-24-21-10-4-3-7-15-26(21)22/h5-6,8-9,11-14,16H,2-4,7,10,15H2,1H3. The summed E-state index contributed by atoms with van der Waals surface area (Å²) < 4.78 is 7.91. The summed E-state index contributed by atoms with van der Waals surface area (Å²) in [6.07, 6.45) is 6.53. The van der Waals surface area contributed by atoms with E-state index in [1.54, 1.807) is 0 Å². The van der Waals surface area contributed by atoms with Gasteiger partial charge in [0.05, 0.1) is 12.3 Å². The summed E-state index contributed by atoms with van der Waals surface area (Å²) in [6, 6.07) is 16.1. The van der Waals surface area contributed by atoms with Gasteiger partial charge in [0.2, 0.25) is 0 Å². The van der Waals surface area contributed by atoms with Crippen molar-refractivity contribution in [3.8, 4) is 17.1 Å². The number of benzene rings is 2. The maximum atomic E-state index is 5.65. The van der Waals surface area contributed by atoms with Gasteiger partial charge >= 0.3 is 0 Å². The van der Waals surface area contributed by atoms with Crippen LogP contribution in [-0.2, 0) is 13.0 Å². The third kappa shape index (κ3) is 3.92. The molecule has 2 heterocycles. The minimum atomic E-state index is 0.641. The molecule has 0 bridgehead atoms. The van der Waals surface area contributed by atoms with Crippen LogP contribution in [0.15, 0.2) is 53.5 Å². The average Bonchev–Trinajstić information content (AvgIpc) is 2.96. The number of ether oxygens (including phenoxy) is 1. The summed E-state index contributed by atoms with van der Waals surface area (Å²) >= 11 is 0. The second-order valence-electron chi connectivity index (χ2n) is 6.68. The minimum Gasteiger partial charge on any atom is -0.493 e. The fraction of sp³-hybridized carbons (Fsp3) is 0.318. The molecular formula is C22H24N4O. The van der Waals surface area contributed by atoms with E-state index < -0.39 is 0 Å². The fourth-order valence-electron chi connectivity index (χ4n) is 3.41. The summed E-state index contributed by atoms with van der Waals surface area (Å²) in [5.41, 5.74) is 2.97. The van der Waals surface area contributed by atoms with Crippen molar-refractivity contribution < 1.29 is 4.74 Å². The molecular weight excluding hydrogens is 336 g/mol. The molecule has 138 valence electrons. The highest BCUT2D eigenvalue weighted by Gasteiger charge is 2.15. The maximum Gasteiger partial charge on any atom is 0.163 e. The monoisotopic (exact) mass is 360 g/mol. The lowest BCUT2D eigenvalue weighted by atomic mass is 10.2. The van der Waals surface area contributed by atoms with Crippen molar-refractivity contribution in [1.29, 1.82) is 0 Å². The number of nitrogens with zero attached hydrogens (tertiary/aromatic N) is 4. The summed E-state index contributed by atoms with van der Waals surface area (Å²) in [6.45, 7) is 3.63. The molecule has 1 aliphatic heterocycles. The largest absolute Gasteiger partial charge is 0.493 e. The predicted molar refractivity (Wildman–Crippen MR) is 108 cm³/mol. The van der Waals surface area contributed by atoms with E-state index in [2.05, 4.69) is 31.9 Å². The molecule has 0 aliphatic carbocycles. The van der Waals surface area contributed by atoms with Gasteiger partial charge in [0.1, 0.15) is 11.6 Å². The summed E-state index contributed by atoms with van der Waals surface area (Å²) in [5, 5.41) is 8.81. The van der Waals surface area contributed by atoms with E-state index in [4.69, 9.17) is 4.74 Å². The van der Waals surface area contributed by atoms with Gasteiger partial charge in [0, 0.05) is 30.3 Å². The molecule has 0 radical (unpaired) electrons. The van der Waals surface area contributed by atoms with Crippen molar-refractivity contribution in [3.05, 3.63) is 59.9 Å². The van der Waals surface area contributed by atoms with Crippen molar-refractivity contribution in [1.82, 2.24) is 14.8 Å². The van der Waals surface area contributed by atoms with Gasteiger partial charge in [-0.2, -0.15) is 0 Å². The van der Waals surface area contributed by atoms with Crippen LogP contribution in [0.4, 0.5) is 5.69 Å². The van der Waals surface area contributed by atoms with Crippen molar-refractivity contribution in [2.45, 2.75) is 39.2 Å². The molecule has 0 N–H and O–H groups in total. The van der Waals surface area contributed by atoms with Crippen LogP contribution >= 0.6 is 0 Å². The zero-order valence-corrected chi connectivity index (χ0v) is 15.6. The molecule has 27 heavy (non-hydrogen) atoms. The Labute approximate surface area is 159 Å². The van der Waals surface area contributed by atoms with Crippen LogP contribution in [0.3, 0.4) is 0 Å². The number of hydrogen-bond acceptors (Lipinski definition) is 4. The highest BCUT2D eigenvalue weighted by molar-refractivity contribution is 5.85. The minimum absolute atomic E-state index is 0.641. The summed E-state index contributed by atoms with van der Waals surface area (Å²) in [4.78, 5) is 4.60. The first kappa shape index (κ1) is 17.5. The van der Waals surface area contributed by atoms with Gasteiger partial charge < -0.3 is 9.30 Å². The molecule has 5 heteroatoms. The third-order valence-electron chi connectivity index (χ3n) is 4.81. The van der Waals surface area contributed by atoms with E-state index in [1.165, 1.54) is 19.3 Å². The average molecular weight is 360 g/mol. The normalized spacial score (nSPS) is 14.1. The van der Waals surface area contributed by atoms with E-state index in [0.717, 1.165) is 47.2 Å². The Morgan fingerprint density at radius 2 is 1.89 bits per heavy atom. The lowest BCUT2D eigenvalue weighted by Crippen LogP contribution is -2.02. The maximum absolute atomic E-state index is 5.65. The molecule has 1 aliphatic rings. The molecule has 0 saturated heterocycles. The molecule has 4 rings (SSSR count). The Bertz CT molecular complexity index is 928. The van der Waals surface area contributed by atoms with Gasteiger partial charge in [-0.1, -0.05) is 18.6 Å². The van der Waals surface area contributed by atoms with Crippen LogP contribution in [-0.4, -0.2) is 27.6 Å². The van der Waals surface area contributed by atoms with E-state index in [9.17, 15) is 0 Å². The Hall–Kier alpha value is -2.95. The Morgan fingerprint density at radius 3 is 2.74 bits per heavy atom. The van der Waals surface area contributed by atoms with Crippen LogP contribution in [0, 0.1) is 0 Å². The lowest BCUT2D eigenvalue weighted by molar-refractivity contribution is 0.340. The van der Waals surface area contributed by atoms with Crippen LogP contribution < -0.4 is 4.74 Å². The molecule has 0 atom stereocenters. The topological polar surface area (TPSA) is 52.3 Å². The van der Waals surface area contributed by atoms with E-state index in [-0.39, 0.29) is 0 Å². The molecule has 0 fully saturated rings. The van der Waals surface area contributed by atoms with Gasteiger partial charge in [-0.15, -0.1) is 10.2 Å². The quantitative estimate of drug-likeness (QED) is 0.613. The van der Waals surface area contributed by atoms with Gasteiger partial charge in [0.25, 0.3) is 0 Å². The number of rotatable bonds is 5. The van der Waals surface area contributed by atoms with Crippen molar-refractivity contribution in [2.24, 2.45) is 4.99 Å². The molecule has 0 amide bonds. The van der Waals surface area contributed by atoms with Gasteiger partial charge in [-0.25, -0.2) is 0 Å². The third-order valence-corrected chi connectivity index (χ3v) is 4.81. The van der Waals surface area contributed by atoms with Gasteiger partial charge in [0.15, 0.2) is 5.82 Å². The molecule has 0 saturated carbocycles. The SMILES string of the molecule is CCOc1ccccc1C=Nc1ccc(-c2nnc3n2CCCCC3)cc1. The zero-order chi connectivity index (χ0) is 18.5. The van der Waals surface area contributed by atoms with E-state index >= 15 is 0 Å². The lowest BCUT2D eigenvalue weighted by Gasteiger charge is -2.07. The molecule has 3 aromatic rings. The number of aliphatic imine (C=N–C) groups is 1. The Morgan fingerprint density at radius 1 is 1.04 bits per heavy atom. The number of aromatic nitrogens is 3. The first-order chi connectivity index (χ1) is 13.3. The van der Waals surface area contributed by atoms with Crippen molar-refractivity contribution in [3.63, 3.8) is 0 Å². The highest BCUT2D eigenvalue weighted by Crippen LogP contribution is 2.25. The fourth-order valence-corrected chi connectivity index (χ4v) is 3.41. The first-order valence-electron chi connectivity index (χ1n) is 9.63. The van der Waals surface area contributed by atoms with Crippen LogP contribution in [0.2, 0.25) is 0 Å². The smallest absolute Gasteiger partial charge is 0.163 e. The molecule has 1 aromatic heterocycles. The van der Waals surface area contributed by atoms with E-state index in [1.807, 2.05) is 49.5 Å². The van der Waals surface area contributed by atoms with Crippen LogP contribution in [0.25, 0.3) is 11.4 Å².